The Hall–Kier alpha value is 0.580. The molecule has 5 heteroatoms. The highest BCUT2D eigenvalue weighted by molar-refractivity contribution is 7.82. The maximum Gasteiger partial charge on any atom is 0.212 e. The molecule has 0 aromatic carbocycles. The summed E-state index contributed by atoms with van der Waals surface area (Å²) in [6, 6.07) is 0. The first-order chi connectivity index (χ1) is 4.97. The molecule has 66 valence electrons. The average Bonchev–Trinajstić information content (AvgIpc) is 1.97. The van der Waals surface area contributed by atoms with Crippen LogP contribution >= 0.6 is 25.3 Å². The van der Waals surface area contributed by atoms with Gasteiger partial charge < -0.3 is 14.6 Å². The van der Waals surface area contributed by atoms with E-state index in [1.807, 2.05) is 0 Å². The van der Waals surface area contributed by atoms with E-state index in [2.05, 4.69) is 25.3 Å². The highest BCUT2D eigenvalue weighted by Gasteiger charge is 2.37. The summed E-state index contributed by atoms with van der Waals surface area (Å²) >= 11 is 8.27. The van der Waals surface area contributed by atoms with Crippen LogP contribution in [0.1, 0.15) is 6.92 Å². The lowest BCUT2D eigenvalue weighted by molar-refractivity contribution is -0.209. The van der Waals surface area contributed by atoms with Gasteiger partial charge in [0.05, 0.1) is 24.6 Å². The molecular weight excluding hydrogens is 184 g/mol. The molecule has 1 saturated heterocycles. The van der Waals surface area contributed by atoms with Crippen LogP contribution in [-0.4, -0.2) is 34.8 Å². The van der Waals surface area contributed by atoms with Gasteiger partial charge in [-0.05, 0) is 6.92 Å². The predicted molar refractivity (Wildman–Crippen MR) is 48.1 cm³/mol. The van der Waals surface area contributed by atoms with Gasteiger partial charge in [0, 0.05) is 0 Å². The van der Waals surface area contributed by atoms with Crippen LogP contribution in [0.2, 0.25) is 0 Å². The van der Waals surface area contributed by atoms with Gasteiger partial charge in [0.2, 0.25) is 5.12 Å². The van der Waals surface area contributed by atoms with Crippen LogP contribution < -0.4 is 0 Å². The van der Waals surface area contributed by atoms with Crippen LogP contribution in [0.5, 0.6) is 0 Å². The summed E-state index contributed by atoms with van der Waals surface area (Å²) in [6.45, 7) is 2.36. The number of ether oxygens (including phenoxy) is 2. The summed E-state index contributed by atoms with van der Waals surface area (Å²) in [4.78, 5) is 0. The number of thiol groups is 2. The Bertz CT molecular complexity index is 139. The Kier molecular flexibility index (Phi) is 2.76. The summed E-state index contributed by atoms with van der Waals surface area (Å²) in [5.74, 6) is 0. The van der Waals surface area contributed by atoms with Crippen LogP contribution in [0.25, 0.3) is 0 Å². The van der Waals surface area contributed by atoms with Crippen LogP contribution in [0, 0.1) is 0 Å². The topological polar surface area (TPSA) is 38.7 Å². The minimum absolute atomic E-state index is 0.0556. The van der Waals surface area contributed by atoms with Gasteiger partial charge in [0.1, 0.15) is 0 Å². The highest BCUT2D eigenvalue weighted by Crippen LogP contribution is 2.29. The first-order valence-corrected chi connectivity index (χ1v) is 4.20. The largest absolute Gasteiger partial charge is 0.395 e. The maximum absolute atomic E-state index is 8.86. The van der Waals surface area contributed by atoms with Gasteiger partial charge in [-0.2, -0.15) is 12.6 Å². The molecule has 1 N–H and O–H groups in total. The molecule has 0 amide bonds. The molecule has 1 heterocycles. The van der Waals surface area contributed by atoms with Crippen molar-refractivity contribution < 1.29 is 14.6 Å². The fraction of sp³-hybridized carbons (Fsp3) is 1.00. The lowest BCUT2D eigenvalue weighted by atomic mass is 10.1. The molecule has 0 radical (unpaired) electrons. The number of hydrogen-bond donors (Lipinski definition) is 3. The standard InChI is InChI=1S/C6H12O3S2/c1-5(10)8-3-6(11,2-7)4-9-5/h7,10-11H,2-4H2,1H3. The average molecular weight is 196 g/mol. The number of hydrogen-bond acceptors (Lipinski definition) is 5. The van der Waals surface area contributed by atoms with E-state index in [0.717, 1.165) is 0 Å². The van der Waals surface area contributed by atoms with E-state index in [0.29, 0.717) is 13.2 Å². The summed E-state index contributed by atoms with van der Waals surface area (Å²) in [5.41, 5.74) is 0. The van der Waals surface area contributed by atoms with Gasteiger partial charge in [0.15, 0.2) is 0 Å². The molecule has 0 unspecified atom stereocenters. The zero-order chi connectivity index (χ0) is 8.54. The van der Waals surface area contributed by atoms with E-state index < -0.39 is 9.87 Å². The van der Waals surface area contributed by atoms with Gasteiger partial charge in [-0.15, -0.1) is 12.6 Å². The molecule has 0 atom stereocenters. The van der Waals surface area contributed by atoms with E-state index >= 15 is 0 Å². The summed E-state index contributed by atoms with van der Waals surface area (Å²) < 4.78 is 9.79. The van der Waals surface area contributed by atoms with Crippen LogP contribution in [0.15, 0.2) is 0 Å². The minimum atomic E-state index is -0.832. The van der Waals surface area contributed by atoms with Crippen molar-refractivity contribution >= 4 is 25.3 Å². The van der Waals surface area contributed by atoms with Gasteiger partial charge in [-0.3, -0.25) is 0 Å². The highest BCUT2D eigenvalue weighted by atomic mass is 32.1. The summed E-state index contributed by atoms with van der Waals surface area (Å²) in [6.07, 6.45) is 0. The fourth-order valence-corrected chi connectivity index (χ4v) is 0.969. The molecule has 0 spiro atoms. The van der Waals surface area contributed by atoms with Gasteiger partial charge in [-0.25, -0.2) is 0 Å². The van der Waals surface area contributed by atoms with E-state index in [1.54, 1.807) is 6.92 Å². The van der Waals surface area contributed by atoms with Crippen LogP contribution in [-0.2, 0) is 9.47 Å². The van der Waals surface area contributed by atoms with Crippen molar-refractivity contribution in [2.24, 2.45) is 0 Å². The van der Waals surface area contributed by atoms with Crippen molar-refractivity contribution in [2.75, 3.05) is 19.8 Å². The Morgan fingerprint density at radius 1 is 1.36 bits per heavy atom. The second-order valence-corrected chi connectivity index (χ2v) is 4.62. The van der Waals surface area contributed by atoms with Crippen molar-refractivity contribution in [3.05, 3.63) is 0 Å². The van der Waals surface area contributed by atoms with E-state index in [4.69, 9.17) is 14.6 Å². The minimum Gasteiger partial charge on any atom is -0.395 e. The number of aliphatic hydroxyl groups is 1. The molecule has 0 aromatic rings. The van der Waals surface area contributed by atoms with Crippen LogP contribution in [0.4, 0.5) is 0 Å². The third kappa shape index (κ3) is 2.52. The van der Waals surface area contributed by atoms with E-state index in [1.165, 1.54) is 0 Å². The zero-order valence-corrected chi connectivity index (χ0v) is 8.07. The molecule has 1 aliphatic rings. The monoisotopic (exact) mass is 196 g/mol. The number of aliphatic hydroxyl groups excluding tert-OH is 1. The third-order valence-corrected chi connectivity index (χ3v) is 2.17. The first-order valence-electron chi connectivity index (χ1n) is 3.31. The van der Waals surface area contributed by atoms with E-state index in [9.17, 15) is 0 Å². The quantitative estimate of drug-likeness (QED) is 0.528. The van der Waals surface area contributed by atoms with Crippen molar-refractivity contribution in [1.29, 1.82) is 0 Å². The molecular formula is C6H12O3S2. The van der Waals surface area contributed by atoms with Gasteiger partial charge in [-0.1, -0.05) is 0 Å². The molecule has 1 fully saturated rings. The SMILES string of the molecule is CC1(S)OCC(S)(CO)CO1. The smallest absolute Gasteiger partial charge is 0.212 e. The normalized spacial score (nSPS) is 45.8. The van der Waals surface area contributed by atoms with Gasteiger partial charge in [0.25, 0.3) is 0 Å². The Morgan fingerprint density at radius 3 is 2.18 bits per heavy atom. The number of rotatable bonds is 1. The van der Waals surface area contributed by atoms with Crippen LogP contribution in [0.3, 0.4) is 0 Å². The summed E-state index contributed by atoms with van der Waals surface area (Å²) in [7, 11) is 0. The third-order valence-electron chi connectivity index (χ3n) is 1.51. The molecule has 11 heavy (non-hydrogen) atoms. The fourth-order valence-electron chi connectivity index (χ4n) is 0.711. The molecule has 3 nitrogen and oxygen atoms in total. The molecule has 0 saturated carbocycles. The zero-order valence-electron chi connectivity index (χ0n) is 6.28. The molecule has 1 rings (SSSR count). The van der Waals surface area contributed by atoms with Crippen molar-refractivity contribution in [1.82, 2.24) is 0 Å². The first kappa shape index (κ1) is 9.67. The molecule has 0 aromatic heterocycles. The predicted octanol–water partition coefficient (Wildman–Crippen LogP) is 0.298. The van der Waals surface area contributed by atoms with Crippen molar-refractivity contribution in [3.8, 4) is 0 Å². The maximum atomic E-state index is 8.86. The second-order valence-electron chi connectivity index (χ2n) is 2.86. The Labute approximate surface area is 76.9 Å². The van der Waals surface area contributed by atoms with Gasteiger partial charge >= 0.3 is 0 Å². The molecule has 1 aliphatic heterocycles. The van der Waals surface area contributed by atoms with Crippen molar-refractivity contribution in [3.63, 3.8) is 0 Å². The Morgan fingerprint density at radius 2 is 1.82 bits per heavy atom. The Balaban J connectivity index is 2.48. The lowest BCUT2D eigenvalue weighted by Crippen LogP contribution is -2.48. The van der Waals surface area contributed by atoms with E-state index in [-0.39, 0.29) is 6.61 Å². The lowest BCUT2D eigenvalue weighted by Gasteiger charge is -2.38. The van der Waals surface area contributed by atoms with Crippen molar-refractivity contribution in [2.45, 2.75) is 16.8 Å². The molecule has 0 aliphatic carbocycles. The molecule has 0 bridgehead atoms. The summed E-state index contributed by atoms with van der Waals surface area (Å²) in [5, 5.41) is 8.03. The second kappa shape index (κ2) is 3.14.